The average molecular weight is 573 g/mol. The van der Waals surface area contributed by atoms with Crippen molar-refractivity contribution >= 4 is 12.0 Å². The van der Waals surface area contributed by atoms with Crippen LogP contribution in [0, 0.1) is 6.92 Å². The van der Waals surface area contributed by atoms with Crippen LogP contribution in [-0.2, 0) is 21.9 Å². The number of rotatable bonds is 5. The zero-order valence-corrected chi connectivity index (χ0v) is 23.3. The first-order chi connectivity index (χ1) is 18.3. The molecule has 0 radical (unpaired) electrons. The van der Waals surface area contributed by atoms with E-state index in [1.54, 1.807) is 38.8 Å². The van der Waals surface area contributed by atoms with Gasteiger partial charge in [0.25, 0.3) is 0 Å². The second kappa shape index (κ2) is 11.3. The summed E-state index contributed by atoms with van der Waals surface area (Å²) in [5, 5.41) is 0. The molecule has 0 aromatic heterocycles. The van der Waals surface area contributed by atoms with E-state index in [1.165, 1.54) is 11.8 Å². The summed E-state index contributed by atoms with van der Waals surface area (Å²) < 4.78 is 85.8. The first-order valence-corrected chi connectivity index (χ1v) is 12.9. The molecule has 0 bridgehead atoms. The minimum Gasteiger partial charge on any atom is -0.444 e. The van der Waals surface area contributed by atoms with Crippen molar-refractivity contribution in [1.82, 2.24) is 9.80 Å². The summed E-state index contributed by atoms with van der Waals surface area (Å²) in [4.78, 5) is 29.5. The molecule has 0 unspecified atom stereocenters. The van der Waals surface area contributed by atoms with Crippen molar-refractivity contribution in [3.63, 3.8) is 0 Å². The molecule has 2 aromatic carbocycles. The summed E-state index contributed by atoms with van der Waals surface area (Å²) >= 11 is 0. The van der Waals surface area contributed by atoms with Crippen molar-refractivity contribution in [3.05, 3.63) is 70.3 Å². The minimum absolute atomic E-state index is 0.0732. The summed E-state index contributed by atoms with van der Waals surface area (Å²) in [6.07, 6.45) is -10.4. The topological polar surface area (TPSA) is 49.9 Å². The Morgan fingerprint density at radius 3 is 2.05 bits per heavy atom. The summed E-state index contributed by atoms with van der Waals surface area (Å²) in [7, 11) is 1.59. The van der Waals surface area contributed by atoms with Gasteiger partial charge in [-0.05, 0) is 74.9 Å². The van der Waals surface area contributed by atoms with Gasteiger partial charge in [-0.3, -0.25) is 4.79 Å². The normalized spacial score (nSPS) is 18.9. The fraction of sp³-hybridized carbons (Fsp3) is 0.517. The van der Waals surface area contributed by atoms with E-state index in [2.05, 4.69) is 0 Å². The maximum Gasteiger partial charge on any atom is 0.416 e. The van der Waals surface area contributed by atoms with Crippen molar-refractivity contribution in [1.29, 1.82) is 0 Å². The molecule has 1 aliphatic heterocycles. The summed E-state index contributed by atoms with van der Waals surface area (Å²) in [5.41, 5.74) is -2.16. The van der Waals surface area contributed by atoms with Crippen LogP contribution in [0.15, 0.2) is 42.5 Å². The van der Waals surface area contributed by atoms with Gasteiger partial charge < -0.3 is 14.5 Å². The van der Waals surface area contributed by atoms with Gasteiger partial charge in [-0.15, -0.1) is 0 Å². The van der Waals surface area contributed by atoms with Crippen molar-refractivity contribution < 1.29 is 40.7 Å². The van der Waals surface area contributed by atoms with E-state index in [0.29, 0.717) is 18.6 Å². The number of halogens is 6. The first-order valence-electron chi connectivity index (χ1n) is 12.9. The Labute approximate surface area is 230 Å². The fourth-order valence-electron chi connectivity index (χ4n) is 4.98. The van der Waals surface area contributed by atoms with E-state index in [-0.39, 0.29) is 24.6 Å². The lowest BCUT2D eigenvalue weighted by atomic mass is 9.92. The predicted molar refractivity (Wildman–Crippen MR) is 138 cm³/mol. The van der Waals surface area contributed by atoms with Crippen molar-refractivity contribution in [2.24, 2.45) is 0 Å². The van der Waals surface area contributed by atoms with Crippen LogP contribution in [0.1, 0.15) is 80.3 Å². The Kier molecular flexibility index (Phi) is 8.86. The van der Waals surface area contributed by atoms with Crippen LogP contribution in [0.25, 0.3) is 0 Å². The van der Waals surface area contributed by atoms with Gasteiger partial charge in [0.05, 0.1) is 23.2 Å². The Bertz CT molecular complexity index is 1200. The van der Waals surface area contributed by atoms with Gasteiger partial charge in [-0.2, -0.15) is 26.3 Å². The quantitative estimate of drug-likeness (QED) is 0.345. The maximum atomic E-state index is 13.6. The number of carbonyl (C=O) groups excluding carboxylic acids is 2. The van der Waals surface area contributed by atoms with Crippen LogP contribution in [-0.4, -0.2) is 47.0 Å². The van der Waals surface area contributed by atoms with E-state index in [4.69, 9.17) is 4.74 Å². The van der Waals surface area contributed by atoms with Crippen LogP contribution in [0.4, 0.5) is 31.1 Å². The lowest BCUT2D eigenvalue weighted by Gasteiger charge is -2.35. The van der Waals surface area contributed by atoms with Crippen LogP contribution in [0.5, 0.6) is 0 Å². The number of nitrogens with zero attached hydrogens (tertiary/aromatic N) is 2. The smallest absolute Gasteiger partial charge is 0.416 e. The van der Waals surface area contributed by atoms with E-state index in [0.717, 1.165) is 11.1 Å². The Morgan fingerprint density at radius 2 is 1.55 bits per heavy atom. The molecule has 0 saturated carbocycles. The SMILES string of the molecule is Cc1ccccc1[C@H]1[C@H](N(C)C(=O)OC(C)(C)C)CCN1C(=O)C[C@@H](C)c1cc(C(F)(F)F)cc(C(F)(F)F)c1. The summed E-state index contributed by atoms with van der Waals surface area (Å²) in [6, 6.07) is 7.70. The highest BCUT2D eigenvalue weighted by atomic mass is 19.4. The number of amides is 2. The maximum absolute atomic E-state index is 13.6. The van der Waals surface area contributed by atoms with Crippen LogP contribution in [0.3, 0.4) is 0 Å². The van der Waals surface area contributed by atoms with Crippen LogP contribution < -0.4 is 0 Å². The molecule has 2 aromatic rings. The Morgan fingerprint density at radius 1 is 1.00 bits per heavy atom. The zero-order valence-electron chi connectivity index (χ0n) is 23.3. The standard InChI is InChI=1S/C29H34F6N2O3/c1-17-9-7-8-10-22(17)25-23(36(6)26(39)40-27(3,4)5)11-12-37(25)24(38)13-18(2)19-14-20(28(30,31)32)16-21(15-19)29(33,34)35/h7-10,14-16,18,23,25H,11-13H2,1-6H3/t18-,23-,25+/m1/s1. The average Bonchev–Trinajstić information content (AvgIpc) is 3.26. The van der Waals surface area contributed by atoms with Crippen LogP contribution >= 0.6 is 0 Å². The number of carbonyl (C=O) groups is 2. The third-order valence-corrected chi connectivity index (χ3v) is 7.03. The molecule has 5 nitrogen and oxygen atoms in total. The first kappa shape index (κ1) is 31.3. The Balaban J connectivity index is 1.93. The molecule has 0 spiro atoms. The molecular weight excluding hydrogens is 538 g/mol. The molecule has 0 N–H and O–H groups in total. The van der Waals surface area contributed by atoms with Crippen LogP contribution in [0.2, 0.25) is 0 Å². The highest BCUT2D eigenvalue weighted by Crippen LogP contribution is 2.41. The van der Waals surface area contributed by atoms with Gasteiger partial charge >= 0.3 is 18.4 Å². The number of alkyl halides is 6. The Hall–Kier alpha value is -3.24. The molecule has 1 fully saturated rings. The second-order valence-corrected chi connectivity index (χ2v) is 11.3. The molecule has 1 saturated heterocycles. The molecule has 3 rings (SSSR count). The highest BCUT2D eigenvalue weighted by Gasteiger charge is 2.43. The number of aryl methyl sites for hydroxylation is 1. The minimum atomic E-state index is -4.98. The molecule has 220 valence electrons. The van der Waals surface area contributed by atoms with Crippen molar-refractivity contribution in [2.75, 3.05) is 13.6 Å². The molecule has 2 amide bonds. The molecule has 1 heterocycles. The van der Waals surface area contributed by atoms with Gasteiger partial charge in [-0.1, -0.05) is 31.2 Å². The number of hydrogen-bond acceptors (Lipinski definition) is 3. The lowest BCUT2D eigenvalue weighted by Crippen LogP contribution is -2.44. The lowest BCUT2D eigenvalue weighted by molar-refractivity contribution is -0.143. The number of benzene rings is 2. The van der Waals surface area contributed by atoms with Crippen molar-refractivity contribution in [2.45, 2.75) is 83.4 Å². The molecule has 1 aliphatic rings. The molecule has 0 aliphatic carbocycles. The summed E-state index contributed by atoms with van der Waals surface area (Å²) in [6.45, 7) is 8.75. The van der Waals surface area contributed by atoms with Gasteiger partial charge in [-0.25, -0.2) is 4.79 Å². The number of likely N-dealkylation sites (tertiary alicyclic amines) is 1. The van der Waals surface area contributed by atoms with E-state index in [9.17, 15) is 35.9 Å². The second-order valence-electron chi connectivity index (χ2n) is 11.3. The van der Waals surface area contributed by atoms with Gasteiger partial charge in [0.1, 0.15) is 5.60 Å². The zero-order chi connectivity index (χ0) is 30.2. The molecular formula is C29H34F6N2O3. The number of likely N-dealkylation sites (N-methyl/N-ethyl adjacent to an activating group) is 1. The largest absolute Gasteiger partial charge is 0.444 e. The predicted octanol–water partition coefficient (Wildman–Crippen LogP) is 7.74. The van der Waals surface area contributed by atoms with Gasteiger partial charge in [0.15, 0.2) is 0 Å². The molecule has 11 heteroatoms. The van der Waals surface area contributed by atoms with E-state index in [1.807, 2.05) is 25.1 Å². The third kappa shape index (κ3) is 7.28. The van der Waals surface area contributed by atoms with Gasteiger partial charge in [0, 0.05) is 20.0 Å². The van der Waals surface area contributed by atoms with Gasteiger partial charge in [0.2, 0.25) is 5.91 Å². The number of ether oxygens (including phenoxy) is 1. The fourth-order valence-corrected chi connectivity index (χ4v) is 4.98. The third-order valence-electron chi connectivity index (χ3n) is 7.03. The van der Waals surface area contributed by atoms with E-state index < -0.39 is 59.1 Å². The van der Waals surface area contributed by atoms with Crippen molar-refractivity contribution in [3.8, 4) is 0 Å². The molecule has 3 atom stereocenters. The monoisotopic (exact) mass is 572 g/mol. The number of hydrogen-bond donors (Lipinski definition) is 0. The highest BCUT2D eigenvalue weighted by molar-refractivity contribution is 5.78. The van der Waals surface area contributed by atoms with E-state index >= 15 is 0 Å². The molecule has 40 heavy (non-hydrogen) atoms. The summed E-state index contributed by atoms with van der Waals surface area (Å²) in [5.74, 6) is -1.37.